The number of alkyl halides is 3. The summed E-state index contributed by atoms with van der Waals surface area (Å²) in [5.74, 6) is 0.294. The standard InChI is InChI=1S/C20H19F3N6O2/c1-31-17-5-11(9-28-18(17)25-10-26-28)13-6-15-16(7-14(13)20(21,22)23)29(19(30)27-15)12-3-2-4-24-8-12/h5-7,9-10,12,24H,2-4,8H2,1H3,(H,27,30). The molecule has 4 heterocycles. The van der Waals surface area contributed by atoms with Crippen LogP contribution < -0.4 is 15.7 Å². The molecule has 5 rings (SSSR count). The van der Waals surface area contributed by atoms with Crippen molar-refractivity contribution in [3.63, 3.8) is 0 Å². The molecule has 162 valence electrons. The number of aromatic nitrogens is 5. The van der Waals surface area contributed by atoms with Crippen LogP contribution in [0.1, 0.15) is 24.4 Å². The molecule has 3 aromatic heterocycles. The van der Waals surface area contributed by atoms with Gasteiger partial charge in [-0.1, -0.05) is 0 Å². The van der Waals surface area contributed by atoms with Gasteiger partial charge < -0.3 is 15.0 Å². The molecular formula is C20H19F3N6O2. The highest BCUT2D eigenvalue weighted by atomic mass is 19.4. The number of hydrogen-bond donors (Lipinski definition) is 2. The summed E-state index contributed by atoms with van der Waals surface area (Å²) >= 11 is 0. The first kappa shape index (κ1) is 19.6. The number of aromatic amines is 1. The first-order chi connectivity index (χ1) is 14.9. The second-order valence-electron chi connectivity index (χ2n) is 7.54. The Morgan fingerprint density at radius 3 is 2.81 bits per heavy atom. The number of rotatable bonds is 3. The number of hydrogen-bond acceptors (Lipinski definition) is 5. The molecule has 1 aliphatic rings. The summed E-state index contributed by atoms with van der Waals surface area (Å²) in [7, 11) is 1.41. The third-order valence-corrected chi connectivity index (χ3v) is 5.67. The molecule has 8 nitrogen and oxygen atoms in total. The van der Waals surface area contributed by atoms with Crippen LogP contribution in [0.25, 0.3) is 27.8 Å². The smallest absolute Gasteiger partial charge is 0.417 e. The fourth-order valence-electron chi connectivity index (χ4n) is 4.26. The minimum absolute atomic E-state index is 0.0779. The first-order valence-electron chi connectivity index (χ1n) is 9.80. The van der Waals surface area contributed by atoms with Crippen LogP contribution in [0.4, 0.5) is 13.2 Å². The molecule has 2 N–H and O–H groups in total. The summed E-state index contributed by atoms with van der Waals surface area (Å²) in [4.78, 5) is 19.4. The van der Waals surface area contributed by atoms with E-state index in [1.165, 1.54) is 40.8 Å². The van der Waals surface area contributed by atoms with Crippen LogP contribution in [0.2, 0.25) is 0 Å². The molecular weight excluding hydrogens is 413 g/mol. The zero-order valence-corrected chi connectivity index (χ0v) is 16.5. The molecule has 0 spiro atoms. The Morgan fingerprint density at radius 2 is 2.10 bits per heavy atom. The Labute approximate surface area is 173 Å². The summed E-state index contributed by atoms with van der Waals surface area (Å²) in [5, 5.41) is 7.22. The Hall–Kier alpha value is -3.34. The number of nitrogens with one attached hydrogen (secondary N) is 2. The number of H-pyrrole nitrogens is 1. The Bertz CT molecular complexity index is 1330. The van der Waals surface area contributed by atoms with E-state index in [1.807, 2.05) is 0 Å². The van der Waals surface area contributed by atoms with Gasteiger partial charge in [-0.2, -0.15) is 18.3 Å². The van der Waals surface area contributed by atoms with Crippen LogP contribution >= 0.6 is 0 Å². The molecule has 1 aliphatic heterocycles. The summed E-state index contributed by atoms with van der Waals surface area (Å²) in [6, 6.07) is 3.70. The Kier molecular flexibility index (Phi) is 4.50. The summed E-state index contributed by atoms with van der Waals surface area (Å²) in [6.07, 6.45) is -0.293. The largest absolute Gasteiger partial charge is 0.493 e. The van der Waals surface area contributed by atoms with E-state index in [4.69, 9.17) is 4.74 Å². The third-order valence-electron chi connectivity index (χ3n) is 5.67. The second-order valence-corrected chi connectivity index (χ2v) is 7.54. The number of ether oxygens (including phenoxy) is 1. The maximum Gasteiger partial charge on any atom is 0.417 e. The van der Waals surface area contributed by atoms with Crippen LogP contribution in [0.15, 0.2) is 35.5 Å². The fraction of sp³-hybridized carbons (Fsp3) is 0.350. The number of piperidine rings is 1. The highest BCUT2D eigenvalue weighted by Crippen LogP contribution is 2.40. The lowest BCUT2D eigenvalue weighted by molar-refractivity contribution is -0.137. The van der Waals surface area contributed by atoms with E-state index >= 15 is 0 Å². The van der Waals surface area contributed by atoms with Crippen LogP contribution in [0.3, 0.4) is 0 Å². The van der Waals surface area contributed by atoms with Gasteiger partial charge in [0.2, 0.25) is 0 Å². The van der Waals surface area contributed by atoms with Crippen molar-refractivity contribution < 1.29 is 17.9 Å². The van der Waals surface area contributed by atoms with Gasteiger partial charge in [0.05, 0.1) is 29.7 Å². The molecule has 31 heavy (non-hydrogen) atoms. The lowest BCUT2D eigenvalue weighted by Gasteiger charge is -2.24. The zero-order chi connectivity index (χ0) is 21.8. The minimum atomic E-state index is -4.63. The van der Waals surface area contributed by atoms with Crippen molar-refractivity contribution in [3.8, 4) is 16.9 Å². The van der Waals surface area contributed by atoms with Crippen LogP contribution in [0, 0.1) is 0 Å². The average Bonchev–Trinajstić information content (AvgIpc) is 3.35. The highest BCUT2D eigenvalue weighted by molar-refractivity contribution is 5.85. The van der Waals surface area contributed by atoms with Crippen molar-refractivity contribution in [2.75, 3.05) is 20.2 Å². The van der Waals surface area contributed by atoms with Crippen molar-refractivity contribution in [3.05, 3.63) is 46.8 Å². The Balaban J connectivity index is 1.76. The van der Waals surface area contributed by atoms with Crippen molar-refractivity contribution in [2.45, 2.75) is 25.1 Å². The van der Waals surface area contributed by atoms with Gasteiger partial charge in [0, 0.05) is 18.3 Å². The summed E-state index contributed by atoms with van der Waals surface area (Å²) in [5.41, 5.74) is -0.107. The van der Waals surface area contributed by atoms with Crippen molar-refractivity contribution in [1.29, 1.82) is 0 Å². The van der Waals surface area contributed by atoms with Gasteiger partial charge in [-0.05, 0) is 43.1 Å². The summed E-state index contributed by atoms with van der Waals surface area (Å²) in [6.45, 7) is 1.37. The quantitative estimate of drug-likeness (QED) is 0.520. The number of halogens is 3. The molecule has 1 saturated heterocycles. The van der Waals surface area contributed by atoms with Crippen molar-refractivity contribution >= 4 is 16.7 Å². The molecule has 11 heteroatoms. The lowest BCUT2D eigenvalue weighted by atomic mass is 9.99. The van der Waals surface area contributed by atoms with Gasteiger partial charge in [0.15, 0.2) is 11.4 Å². The molecule has 0 radical (unpaired) electrons. The molecule has 1 aromatic carbocycles. The van der Waals surface area contributed by atoms with E-state index in [0.717, 1.165) is 25.5 Å². The number of fused-ring (bicyclic) bond motifs is 2. The topological polar surface area (TPSA) is 89.2 Å². The number of benzene rings is 1. The molecule has 0 amide bonds. The van der Waals surface area contributed by atoms with E-state index in [2.05, 4.69) is 20.4 Å². The number of methoxy groups -OCH3 is 1. The molecule has 1 fully saturated rings. The summed E-state index contributed by atoms with van der Waals surface area (Å²) < 4.78 is 50.4. The van der Waals surface area contributed by atoms with Crippen LogP contribution in [0.5, 0.6) is 5.75 Å². The highest BCUT2D eigenvalue weighted by Gasteiger charge is 2.35. The normalized spacial score (nSPS) is 17.5. The molecule has 1 atom stereocenters. The number of nitrogens with zero attached hydrogens (tertiary/aromatic N) is 4. The molecule has 0 saturated carbocycles. The SMILES string of the molecule is COc1cc(-c2cc3[nH]c(=O)n(C4CCCNC4)c3cc2C(F)(F)F)cn2ncnc12. The average molecular weight is 432 g/mol. The molecule has 4 aromatic rings. The zero-order valence-electron chi connectivity index (χ0n) is 16.5. The van der Waals surface area contributed by atoms with Crippen LogP contribution in [-0.4, -0.2) is 44.3 Å². The van der Waals surface area contributed by atoms with Gasteiger partial charge in [-0.15, -0.1) is 0 Å². The van der Waals surface area contributed by atoms with Crippen molar-refractivity contribution in [1.82, 2.24) is 29.5 Å². The van der Waals surface area contributed by atoms with Gasteiger partial charge in [-0.3, -0.25) is 4.57 Å². The Morgan fingerprint density at radius 1 is 1.26 bits per heavy atom. The fourth-order valence-corrected chi connectivity index (χ4v) is 4.26. The first-order valence-corrected chi connectivity index (χ1v) is 9.80. The van der Waals surface area contributed by atoms with E-state index in [1.54, 1.807) is 0 Å². The van der Waals surface area contributed by atoms with Gasteiger partial charge >= 0.3 is 11.9 Å². The third kappa shape index (κ3) is 3.25. The molecule has 0 aliphatic carbocycles. The van der Waals surface area contributed by atoms with Crippen molar-refractivity contribution in [2.24, 2.45) is 0 Å². The molecule has 0 bridgehead atoms. The second kappa shape index (κ2) is 7.12. The number of pyridine rings is 1. The van der Waals surface area contributed by atoms with E-state index < -0.39 is 17.4 Å². The predicted molar refractivity (Wildman–Crippen MR) is 107 cm³/mol. The monoisotopic (exact) mass is 432 g/mol. The van der Waals surface area contributed by atoms with E-state index in [9.17, 15) is 18.0 Å². The lowest BCUT2D eigenvalue weighted by Crippen LogP contribution is -2.35. The van der Waals surface area contributed by atoms with E-state index in [-0.39, 0.29) is 22.7 Å². The van der Waals surface area contributed by atoms with E-state index in [0.29, 0.717) is 23.5 Å². The van der Waals surface area contributed by atoms with Gasteiger partial charge in [0.25, 0.3) is 0 Å². The maximum absolute atomic E-state index is 14.1. The number of imidazole rings is 1. The maximum atomic E-state index is 14.1. The molecule has 1 unspecified atom stereocenters. The van der Waals surface area contributed by atoms with Crippen LogP contribution in [-0.2, 0) is 6.18 Å². The minimum Gasteiger partial charge on any atom is -0.493 e. The van der Waals surface area contributed by atoms with Gasteiger partial charge in [0.1, 0.15) is 6.33 Å². The predicted octanol–water partition coefficient (Wildman–Crippen LogP) is 2.99. The van der Waals surface area contributed by atoms with Gasteiger partial charge in [-0.25, -0.2) is 14.3 Å².